The highest BCUT2D eigenvalue weighted by molar-refractivity contribution is 7.89. The van der Waals surface area contributed by atoms with E-state index in [9.17, 15) is 8.42 Å². The van der Waals surface area contributed by atoms with Gasteiger partial charge in [0, 0.05) is 6.20 Å². The van der Waals surface area contributed by atoms with Gasteiger partial charge in [-0.15, -0.1) is 0 Å². The monoisotopic (exact) mass is 445 g/mol. The second kappa shape index (κ2) is 7.77. The summed E-state index contributed by atoms with van der Waals surface area (Å²) in [5.74, 6) is 0.580. The Bertz CT molecular complexity index is 1170. The van der Waals surface area contributed by atoms with Crippen molar-refractivity contribution in [2.45, 2.75) is 18.0 Å². The third-order valence-corrected chi connectivity index (χ3v) is 7.21. The lowest BCUT2D eigenvalue weighted by molar-refractivity contribution is 0.355. The van der Waals surface area contributed by atoms with Gasteiger partial charge in [0.15, 0.2) is 17.7 Å². The van der Waals surface area contributed by atoms with Crippen LogP contribution in [-0.4, -0.2) is 44.6 Å². The van der Waals surface area contributed by atoms with Gasteiger partial charge in [-0.05, 0) is 42.3 Å². The van der Waals surface area contributed by atoms with E-state index in [0.29, 0.717) is 17.1 Å². The molecule has 0 amide bonds. The summed E-state index contributed by atoms with van der Waals surface area (Å²) in [5, 5.41) is 0.276. The molecule has 7 nitrogen and oxygen atoms in total. The molecule has 2 aromatic rings. The normalized spacial score (nSPS) is 20.5. The topological polar surface area (TPSA) is 80.6 Å². The van der Waals surface area contributed by atoms with E-state index in [2.05, 4.69) is 9.98 Å². The van der Waals surface area contributed by atoms with Crippen molar-refractivity contribution in [3.63, 3.8) is 0 Å². The highest BCUT2D eigenvalue weighted by atomic mass is 35.5. The number of rotatable bonds is 5. The van der Waals surface area contributed by atoms with E-state index in [4.69, 9.17) is 21.1 Å². The summed E-state index contributed by atoms with van der Waals surface area (Å²) in [7, 11) is -0.749. The zero-order chi connectivity index (χ0) is 21.5. The number of fused-ring (bicyclic) bond motifs is 1. The van der Waals surface area contributed by atoms with Crippen LogP contribution >= 0.6 is 11.6 Å². The molecule has 9 heteroatoms. The molecule has 0 bridgehead atoms. The van der Waals surface area contributed by atoms with Gasteiger partial charge in [0.25, 0.3) is 10.0 Å². The van der Waals surface area contributed by atoms with Crippen molar-refractivity contribution < 1.29 is 17.9 Å². The Morgan fingerprint density at radius 1 is 1.03 bits per heavy atom. The standard InChI is InChI=1S/C21H20ClN3O4S/c1-13-4-7-15(8-5-13)30(26,27)25-11-16(19-20(22)23-12-24-21(19)25)14-6-9-17(28-2)18(10-14)29-3/h4-12,19,21H,1-3H3. The number of methoxy groups -OCH3 is 2. The molecule has 156 valence electrons. The van der Waals surface area contributed by atoms with Crippen molar-refractivity contribution in [1.29, 1.82) is 0 Å². The molecular weight excluding hydrogens is 426 g/mol. The first-order valence-corrected chi connectivity index (χ1v) is 11.0. The highest BCUT2D eigenvalue weighted by Gasteiger charge is 2.45. The van der Waals surface area contributed by atoms with E-state index < -0.39 is 22.1 Å². The Kier molecular flexibility index (Phi) is 5.29. The van der Waals surface area contributed by atoms with Gasteiger partial charge in [-0.3, -0.25) is 0 Å². The van der Waals surface area contributed by atoms with Gasteiger partial charge in [-0.2, -0.15) is 0 Å². The van der Waals surface area contributed by atoms with Crippen molar-refractivity contribution in [1.82, 2.24) is 4.31 Å². The molecule has 0 aliphatic carbocycles. The van der Waals surface area contributed by atoms with Crippen LogP contribution in [0.2, 0.25) is 0 Å². The molecule has 0 aromatic heterocycles. The van der Waals surface area contributed by atoms with Crippen LogP contribution in [0.15, 0.2) is 63.5 Å². The van der Waals surface area contributed by atoms with Crippen molar-refractivity contribution in [2.24, 2.45) is 15.9 Å². The fourth-order valence-electron chi connectivity index (χ4n) is 3.55. The molecule has 2 heterocycles. The summed E-state index contributed by atoms with van der Waals surface area (Å²) in [6, 6.07) is 12.1. The van der Waals surface area contributed by atoms with Gasteiger partial charge in [0.2, 0.25) is 0 Å². The SMILES string of the molecule is COc1ccc(C2=CN(S(=O)(=O)c3ccc(C)cc3)C3N=CN=C(Cl)C23)cc1OC. The molecule has 2 atom stereocenters. The average molecular weight is 446 g/mol. The Morgan fingerprint density at radius 3 is 2.40 bits per heavy atom. The number of halogens is 1. The molecule has 0 spiro atoms. The molecule has 2 unspecified atom stereocenters. The number of aryl methyl sites for hydroxylation is 1. The summed E-state index contributed by atoms with van der Waals surface area (Å²) in [5.41, 5.74) is 2.40. The minimum atomic E-state index is -3.85. The predicted molar refractivity (Wildman–Crippen MR) is 117 cm³/mol. The number of sulfonamides is 1. The van der Waals surface area contributed by atoms with Crippen molar-refractivity contribution in [2.75, 3.05) is 14.2 Å². The first-order valence-electron chi connectivity index (χ1n) is 9.16. The van der Waals surface area contributed by atoms with Crippen LogP contribution < -0.4 is 9.47 Å². The largest absolute Gasteiger partial charge is 0.493 e. The minimum Gasteiger partial charge on any atom is -0.493 e. The molecule has 0 saturated carbocycles. The Morgan fingerprint density at radius 2 is 1.73 bits per heavy atom. The lowest BCUT2D eigenvalue weighted by atomic mass is 9.93. The zero-order valence-electron chi connectivity index (χ0n) is 16.6. The fraction of sp³-hybridized carbons (Fsp3) is 0.238. The van der Waals surface area contributed by atoms with Crippen LogP contribution in [0.1, 0.15) is 11.1 Å². The van der Waals surface area contributed by atoms with E-state index in [1.807, 2.05) is 13.0 Å². The number of ether oxygens (including phenoxy) is 2. The maximum Gasteiger partial charge on any atom is 0.265 e. The highest BCUT2D eigenvalue weighted by Crippen LogP contribution is 2.43. The number of hydrogen-bond donors (Lipinski definition) is 0. The Hall–Kier alpha value is -2.84. The Balaban J connectivity index is 1.83. The molecule has 30 heavy (non-hydrogen) atoms. The summed E-state index contributed by atoms with van der Waals surface area (Å²) >= 11 is 6.42. The second-order valence-electron chi connectivity index (χ2n) is 6.91. The maximum atomic E-state index is 13.4. The quantitative estimate of drug-likeness (QED) is 0.703. The lowest BCUT2D eigenvalue weighted by Crippen LogP contribution is -2.38. The first kappa shape index (κ1) is 20.4. The molecule has 0 fully saturated rings. The lowest BCUT2D eigenvalue weighted by Gasteiger charge is -2.27. The number of aliphatic imine (C=N–C) groups is 2. The van der Waals surface area contributed by atoms with E-state index in [0.717, 1.165) is 11.1 Å². The molecule has 2 aromatic carbocycles. The van der Waals surface area contributed by atoms with E-state index in [-0.39, 0.29) is 10.1 Å². The fourth-order valence-corrected chi connectivity index (χ4v) is 5.27. The van der Waals surface area contributed by atoms with Crippen LogP contribution in [0.25, 0.3) is 5.57 Å². The number of nitrogens with zero attached hydrogens (tertiary/aromatic N) is 3. The van der Waals surface area contributed by atoms with Gasteiger partial charge in [-0.25, -0.2) is 22.7 Å². The Labute approximate surface area is 180 Å². The first-order chi connectivity index (χ1) is 14.4. The molecule has 0 N–H and O–H groups in total. The number of benzene rings is 2. The minimum absolute atomic E-state index is 0.186. The van der Waals surface area contributed by atoms with Gasteiger partial charge in [-0.1, -0.05) is 35.4 Å². The van der Waals surface area contributed by atoms with Crippen LogP contribution in [0, 0.1) is 12.8 Å². The maximum absolute atomic E-state index is 13.4. The van der Waals surface area contributed by atoms with Gasteiger partial charge in [0.1, 0.15) is 11.5 Å². The van der Waals surface area contributed by atoms with Crippen molar-refractivity contribution in [3.8, 4) is 11.5 Å². The van der Waals surface area contributed by atoms with E-state index in [1.54, 1.807) is 56.8 Å². The summed E-state index contributed by atoms with van der Waals surface area (Å²) in [6.45, 7) is 1.90. The van der Waals surface area contributed by atoms with Crippen molar-refractivity contribution >= 4 is 38.7 Å². The van der Waals surface area contributed by atoms with Crippen LogP contribution in [-0.2, 0) is 10.0 Å². The smallest absolute Gasteiger partial charge is 0.265 e. The van der Waals surface area contributed by atoms with E-state index in [1.165, 1.54) is 10.6 Å². The average Bonchev–Trinajstić information content (AvgIpc) is 3.15. The molecule has 2 aliphatic heterocycles. The van der Waals surface area contributed by atoms with E-state index >= 15 is 0 Å². The van der Waals surface area contributed by atoms with Crippen LogP contribution in [0.5, 0.6) is 11.5 Å². The summed E-state index contributed by atoms with van der Waals surface area (Å²) < 4.78 is 38.7. The van der Waals surface area contributed by atoms with Crippen LogP contribution in [0.3, 0.4) is 0 Å². The second-order valence-corrected chi connectivity index (χ2v) is 9.14. The molecule has 4 rings (SSSR count). The molecular formula is C21H20ClN3O4S. The number of hydrogen-bond acceptors (Lipinski definition) is 6. The third-order valence-electron chi connectivity index (χ3n) is 5.13. The molecule has 0 radical (unpaired) electrons. The molecule has 0 saturated heterocycles. The van der Waals surface area contributed by atoms with Crippen LogP contribution in [0.4, 0.5) is 0 Å². The van der Waals surface area contributed by atoms with Gasteiger partial charge >= 0.3 is 0 Å². The molecule has 2 aliphatic rings. The van der Waals surface area contributed by atoms with Gasteiger partial charge in [0.05, 0.1) is 25.0 Å². The summed E-state index contributed by atoms with van der Waals surface area (Å²) in [6.07, 6.45) is 2.13. The zero-order valence-corrected chi connectivity index (χ0v) is 18.2. The summed E-state index contributed by atoms with van der Waals surface area (Å²) in [4.78, 5) is 8.61. The third kappa shape index (κ3) is 3.36. The van der Waals surface area contributed by atoms with Gasteiger partial charge < -0.3 is 9.47 Å². The van der Waals surface area contributed by atoms with Crippen molar-refractivity contribution in [3.05, 3.63) is 59.8 Å². The predicted octanol–water partition coefficient (Wildman–Crippen LogP) is 3.68.